The van der Waals surface area contributed by atoms with Gasteiger partial charge in [0.25, 0.3) is 20.2 Å². The first-order chi connectivity index (χ1) is 23.4. The van der Waals surface area contributed by atoms with Crippen molar-refractivity contribution in [2.24, 2.45) is 0 Å². The third kappa shape index (κ3) is 8.78. The van der Waals surface area contributed by atoms with Crippen molar-refractivity contribution in [3.05, 3.63) is 131 Å². The second-order valence-corrected chi connectivity index (χ2v) is 14.3. The summed E-state index contributed by atoms with van der Waals surface area (Å²) in [6.45, 7) is 2.82. The number of carbonyl (C=O) groups excluding carboxylic acids is 2. The molecule has 258 valence electrons. The van der Waals surface area contributed by atoms with Crippen LogP contribution >= 0.6 is 0 Å². The second kappa shape index (κ2) is 15.4. The SMILES string of the molecule is CO[C@@H]1O[C@@H](COS(=O)(=O)c2ccc(C)cc2)[C@H](OC(=O)c2ccccc2)[C@H](OC(=O)c2ccccc2)[C@@H]1OS(=O)(=O)c1ccc(C)cc1. The summed E-state index contributed by atoms with van der Waals surface area (Å²) in [6.07, 6.45) is -8.21. The van der Waals surface area contributed by atoms with Gasteiger partial charge in [-0.3, -0.25) is 8.37 Å². The molecule has 0 amide bonds. The van der Waals surface area contributed by atoms with Gasteiger partial charge in [0.05, 0.1) is 27.5 Å². The molecule has 4 aromatic carbocycles. The molecule has 0 spiro atoms. The van der Waals surface area contributed by atoms with E-state index in [2.05, 4.69) is 0 Å². The fraction of sp³-hybridized carbons (Fsp3) is 0.257. The molecule has 0 unspecified atom stereocenters. The van der Waals surface area contributed by atoms with Gasteiger partial charge < -0.3 is 18.9 Å². The van der Waals surface area contributed by atoms with Gasteiger partial charge in [0.2, 0.25) is 0 Å². The number of hydrogen-bond donors (Lipinski definition) is 0. The van der Waals surface area contributed by atoms with Gasteiger partial charge >= 0.3 is 11.9 Å². The number of benzene rings is 4. The molecule has 0 N–H and O–H groups in total. The molecule has 0 saturated carbocycles. The summed E-state index contributed by atoms with van der Waals surface area (Å²) in [5.74, 6) is -1.83. The Balaban J connectivity index is 1.55. The average Bonchev–Trinajstić information content (AvgIpc) is 3.10. The highest BCUT2D eigenvalue weighted by atomic mass is 32.2. The Hall–Kier alpha value is -4.44. The van der Waals surface area contributed by atoms with E-state index in [1.54, 1.807) is 74.5 Å². The average molecular weight is 711 g/mol. The Kier molecular flexibility index (Phi) is 11.3. The van der Waals surface area contributed by atoms with Gasteiger partial charge in [-0.15, -0.1) is 0 Å². The Morgan fingerprint density at radius 3 is 1.53 bits per heavy atom. The van der Waals surface area contributed by atoms with Gasteiger partial charge in [-0.1, -0.05) is 71.8 Å². The minimum absolute atomic E-state index is 0.0889. The molecule has 0 bridgehead atoms. The minimum atomic E-state index is -4.57. The fourth-order valence-corrected chi connectivity index (χ4v) is 6.94. The van der Waals surface area contributed by atoms with E-state index in [0.717, 1.165) is 11.1 Å². The van der Waals surface area contributed by atoms with E-state index in [0.29, 0.717) is 0 Å². The standard InChI is InChI=1S/C35H34O12S2/c1-23-14-18-27(19-15-23)48(38,39)43-22-29-30(45-33(36)25-10-6-4-7-11-25)31(46-34(37)26-12-8-5-9-13-26)32(35(42-3)44-29)47-49(40,41)28-20-16-24(2)17-21-28/h4-21,29-32,35H,22H2,1-3H3/t29-,30-,31-,32-,35+/m0/s1. The number of aryl methyl sites for hydroxylation is 2. The first-order valence-electron chi connectivity index (χ1n) is 15.0. The smallest absolute Gasteiger partial charge is 0.338 e. The van der Waals surface area contributed by atoms with Gasteiger partial charge in [0.1, 0.15) is 6.10 Å². The van der Waals surface area contributed by atoms with Crippen LogP contribution in [0, 0.1) is 13.8 Å². The number of carbonyl (C=O) groups is 2. The van der Waals surface area contributed by atoms with E-state index in [-0.39, 0.29) is 20.9 Å². The van der Waals surface area contributed by atoms with Crippen LogP contribution in [0.3, 0.4) is 0 Å². The molecule has 12 nitrogen and oxygen atoms in total. The van der Waals surface area contributed by atoms with Gasteiger partial charge in [0, 0.05) is 7.11 Å². The summed E-state index contributed by atoms with van der Waals surface area (Å²) in [4.78, 5) is 26.6. The maximum Gasteiger partial charge on any atom is 0.338 e. The molecule has 5 rings (SSSR count). The van der Waals surface area contributed by atoms with Crippen LogP contribution in [0.5, 0.6) is 0 Å². The molecular formula is C35H34O12S2. The van der Waals surface area contributed by atoms with Crippen LogP contribution < -0.4 is 0 Å². The zero-order valence-electron chi connectivity index (χ0n) is 26.7. The molecule has 0 aromatic heterocycles. The van der Waals surface area contributed by atoms with Crippen molar-refractivity contribution in [3.8, 4) is 0 Å². The van der Waals surface area contributed by atoms with E-state index in [9.17, 15) is 26.4 Å². The molecule has 0 aliphatic carbocycles. The summed E-state index contributed by atoms with van der Waals surface area (Å²) in [6, 6.07) is 27.3. The zero-order valence-corrected chi connectivity index (χ0v) is 28.3. The number of esters is 2. The predicted molar refractivity (Wildman–Crippen MR) is 175 cm³/mol. The number of rotatable bonds is 12. The van der Waals surface area contributed by atoms with E-state index in [1.807, 2.05) is 0 Å². The third-order valence-electron chi connectivity index (χ3n) is 7.57. The molecule has 49 heavy (non-hydrogen) atoms. The minimum Gasteiger partial charge on any atom is -0.452 e. The molecule has 1 aliphatic heterocycles. The summed E-state index contributed by atoms with van der Waals surface area (Å²) in [7, 11) is -7.75. The maximum atomic E-state index is 13.6. The first kappa shape index (κ1) is 35.9. The third-order valence-corrected chi connectivity index (χ3v) is 10.2. The molecule has 4 aromatic rings. The van der Waals surface area contributed by atoms with Crippen molar-refractivity contribution < 1.29 is 53.7 Å². The predicted octanol–water partition coefficient (Wildman–Crippen LogP) is 4.61. The summed E-state index contributed by atoms with van der Waals surface area (Å²) in [5.41, 5.74) is 1.80. The lowest BCUT2D eigenvalue weighted by molar-refractivity contribution is -0.285. The van der Waals surface area contributed by atoms with Crippen LogP contribution in [0.1, 0.15) is 31.8 Å². The molecule has 1 aliphatic rings. The van der Waals surface area contributed by atoms with Gasteiger partial charge in [-0.05, 0) is 62.4 Å². The van der Waals surface area contributed by atoms with E-state index in [4.69, 9.17) is 27.3 Å². The Morgan fingerprint density at radius 1 is 0.612 bits per heavy atom. The number of ether oxygens (including phenoxy) is 4. The highest BCUT2D eigenvalue weighted by molar-refractivity contribution is 7.87. The highest BCUT2D eigenvalue weighted by Gasteiger charge is 2.53. The van der Waals surface area contributed by atoms with Gasteiger partial charge in [-0.2, -0.15) is 16.8 Å². The van der Waals surface area contributed by atoms with Crippen LogP contribution in [-0.2, 0) is 47.5 Å². The van der Waals surface area contributed by atoms with Crippen LogP contribution in [0.2, 0.25) is 0 Å². The van der Waals surface area contributed by atoms with E-state index in [1.165, 1.54) is 55.6 Å². The second-order valence-electron chi connectivity index (χ2n) is 11.1. The maximum absolute atomic E-state index is 13.6. The lowest BCUT2D eigenvalue weighted by Gasteiger charge is -2.43. The fourth-order valence-electron chi connectivity index (χ4n) is 4.95. The molecule has 14 heteroatoms. The van der Waals surface area contributed by atoms with Crippen LogP contribution in [0.4, 0.5) is 0 Å². The van der Waals surface area contributed by atoms with E-state index >= 15 is 0 Å². The Morgan fingerprint density at radius 2 is 1.06 bits per heavy atom. The molecule has 1 fully saturated rings. The van der Waals surface area contributed by atoms with Crippen molar-refractivity contribution in [2.45, 2.75) is 54.3 Å². The lowest BCUT2D eigenvalue weighted by atomic mass is 9.98. The van der Waals surface area contributed by atoms with Crippen molar-refractivity contribution in [2.75, 3.05) is 13.7 Å². The normalized spacial score (nSPS) is 21.1. The molecule has 5 atom stereocenters. The van der Waals surface area contributed by atoms with Crippen molar-refractivity contribution in [1.82, 2.24) is 0 Å². The van der Waals surface area contributed by atoms with Crippen LogP contribution in [-0.4, -0.2) is 73.2 Å². The topological polar surface area (TPSA) is 158 Å². The quantitative estimate of drug-likeness (QED) is 0.149. The Labute approximate surface area is 284 Å². The number of hydrogen-bond acceptors (Lipinski definition) is 12. The largest absolute Gasteiger partial charge is 0.452 e. The lowest BCUT2D eigenvalue weighted by Crippen LogP contribution is -2.63. The van der Waals surface area contributed by atoms with E-state index < -0.39 is 69.5 Å². The molecule has 1 saturated heterocycles. The van der Waals surface area contributed by atoms with Gasteiger partial charge in [-0.25, -0.2) is 9.59 Å². The molecule has 1 heterocycles. The monoisotopic (exact) mass is 710 g/mol. The van der Waals surface area contributed by atoms with Gasteiger partial charge in [0.15, 0.2) is 24.6 Å². The molecular weight excluding hydrogens is 677 g/mol. The zero-order chi connectivity index (χ0) is 35.2. The van der Waals surface area contributed by atoms with Crippen molar-refractivity contribution in [3.63, 3.8) is 0 Å². The van der Waals surface area contributed by atoms with Crippen molar-refractivity contribution in [1.29, 1.82) is 0 Å². The Bertz CT molecular complexity index is 1950. The molecule has 0 radical (unpaired) electrons. The summed E-state index contributed by atoms with van der Waals surface area (Å²) in [5, 5.41) is 0. The van der Waals surface area contributed by atoms with Crippen LogP contribution in [0.25, 0.3) is 0 Å². The first-order valence-corrected chi connectivity index (χ1v) is 17.9. The highest BCUT2D eigenvalue weighted by Crippen LogP contribution is 2.33. The summed E-state index contributed by atoms with van der Waals surface area (Å²) < 4.78 is 87.6. The van der Waals surface area contributed by atoms with Crippen molar-refractivity contribution >= 4 is 32.2 Å². The van der Waals surface area contributed by atoms with Crippen LogP contribution in [0.15, 0.2) is 119 Å². The number of methoxy groups -OCH3 is 1. The summed E-state index contributed by atoms with van der Waals surface area (Å²) >= 11 is 0.